The van der Waals surface area contributed by atoms with Crippen LogP contribution in [0.25, 0.3) is 0 Å². The SMILES string of the molecule is OCC(O)CNCC1CCC(C(F)(F)F)CC1. The molecule has 6 heteroatoms. The van der Waals surface area contributed by atoms with Crippen LogP contribution in [0, 0.1) is 11.8 Å². The highest BCUT2D eigenvalue weighted by Gasteiger charge is 2.41. The fourth-order valence-corrected chi connectivity index (χ4v) is 2.21. The summed E-state index contributed by atoms with van der Waals surface area (Å²) in [5.41, 5.74) is 0. The summed E-state index contributed by atoms with van der Waals surface area (Å²) in [6.07, 6.45) is -3.28. The lowest BCUT2D eigenvalue weighted by molar-refractivity contribution is -0.183. The fourth-order valence-electron chi connectivity index (χ4n) is 2.21. The molecule has 0 saturated heterocycles. The summed E-state index contributed by atoms with van der Waals surface area (Å²) in [5.74, 6) is -0.888. The number of nitrogens with one attached hydrogen (secondary N) is 1. The van der Waals surface area contributed by atoms with Crippen molar-refractivity contribution in [1.29, 1.82) is 0 Å². The van der Waals surface area contributed by atoms with Crippen molar-refractivity contribution in [2.24, 2.45) is 11.8 Å². The van der Waals surface area contributed by atoms with E-state index in [9.17, 15) is 13.2 Å². The first kappa shape index (κ1) is 14.7. The molecule has 0 aromatic carbocycles. The van der Waals surface area contributed by atoms with E-state index in [1.54, 1.807) is 0 Å². The lowest BCUT2D eigenvalue weighted by atomic mass is 9.81. The van der Waals surface area contributed by atoms with Gasteiger partial charge < -0.3 is 15.5 Å². The maximum absolute atomic E-state index is 12.4. The van der Waals surface area contributed by atoms with Crippen LogP contribution >= 0.6 is 0 Å². The monoisotopic (exact) mass is 255 g/mol. The third-order valence-corrected chi connectivity index (χ3v) is 3.33. The van der Waals surface area contributed by atoms with Crippen molar-refractivity contribution in [3.8, 4) is 0 Å². The molecule has 1 fully saturated rings. The number of alkyl halides is 3. The summed E-state index contributed by atoms with van der Waals surface area (Å²) in [4.78, 5) is 0. The van der Waals surface area contributed by atoms with Gasteiger partial charge in [-0.25, -0.2) is 0 Å². The third-order valence-electron chi connectivity index (χ3n) is 3.33. The molecule has 3 nitrogen and oxygen atoms in total. The molecule has 0 radical (unpaired) electrons. The number of hydrogen-bond acceptors (Lipinski definition) is 3. The molecular weight excluding hydrogens is 235 g/mol. The number of rotatable bonds is 5. The van der Waals surface area contributed by atoms with Crippen molar-refractivity contribution < 1.29 is 23.4 Å². The Hall–Kier alpha value is -0.330. The number of aliphatic hydroxyl groups excluding tert-OH is 2. The van der Waals surface area contributed by atoms with Crippen molar-refractivity contribution in [3.05, 3.63) is 0 Å². The summed E-state index contributed by atoms with van der Waals surface area (Å²) >= 11 is 0. The Balaban J connectivity index is 2.15. The van der Waals surface area contributed by atoms with Gasteiger partial charge in [-0.15, -0.1) is 0 Å². The van der Waals surface area contributed by atoms with Gasteiger partial charge in [-0.3, -0.25) is 0 Å². The smallest absolute Gasteiger partial charge is 0.391 e. The summed E-state index contributed by atoms with van der Waals surface area (Å²) in [7, 11) is 0. The van der Waals surface area contributed by atoms with Crippen molar-refractivity contribution in [1.82, 2.24) is 5.32 Å². The van der Waals surface area contributed by atoms with E-state index < -0.39 is 18.2 Å². The second-order valence-corrected chi connectivity index (χ2v) is 4.75. The van der Waals surface area contributed by atoms with Crippen LogP contribution in [-0.4, -0.2) is 42.2 Å². The highest BCUT2D eigenvalue weighted by Crippen LogP contribution is 2.39. The van der Waals surface area contributed by atoms with Crippen LogP contribution < -0.4 is 5.32 Å². The maximum atomic E-state index is 12.4. The lowest BCUT2D eigenvalue weighted by Gasteiger charge is -2.30. The summed E-state index contributed by atoms with van der Waals surface area (Å²) in [6.45, 7) is 0.602. The lowest BCUT2D eigenvalue weighted by Crippen LogP contribution is -2.35. The van der Waals surface area contributed by atoms with Gasteiger partial charge >= 0.3 is 6.18 Å². The van der Waals surface area contributed by atoms with E-state index in [-0.39, 0.29) is 31.9 Å². The molecule has 0 bridgehead atoms. The van der Waals surface area contributed by atoms with Crippen LogP contribution in [0.3, 0.4) is 0 Å². The summed E-state index contributed by atoms with van der Waals surface area (Å²) in [6, 6.07) is 0. The first-order valence-corrected chi connectivity index (χ1v) is 5.99. The van der Waals surface area contributed by atoms with E-state index in [2.05, 4.69) is 5.32 Å². The van der Waals surface area contributed by atoms with E-state index in [1.807, 2.05) is 0 Å². The molecule has 1 unspecified atom stereocenters. The minimum atomic E-state index is -4.05. The standard InChI is InChI=1S/C11H20F3NO2/c12-11(13,14)9-3-1-8(2-4-9)5-15-6-10(17)7-16/h8-10,15-17H,1-7H2. The summed E-state index contributed by atoms with van der Waals surface area (Å²) in [5, 5.41) is 20.6. The average molecular weight is 255 g/mol. The van der Waals surface area contributed by atoms with Crippen molar-refractivity contribution in [2.45, 2.75) is 38.0 Å². The molecule has 1 rings (SSSR count). The molecule has 0 heterocycles. The molecule has 1 atom stereocenters. The van der Waals surface area contributed by atoms with Crippen LogP contribution in [0.4, 0.5) is 13.2 Å². The molecule has 0 aliphatic heterocycles. The maximum Gasteiger partial charge on any atom is 0.391 e. The molecule has 3 N–H and O–H groups in total. The first-order chi connectivity index (χ1) is 7.93. The second kappa shape index (κ2) is 6.56. The minimum Gasteiger partial charge on any atom is -0.394 e. The zero-order valence-electron chi connectivity index (χ0n) is 9.71. The van der Waals surface area contributed by atoms with Gasteiger partial charge in [0.1, 0.15) is 0 Å². The van der Waals surface area contributed by atoms with Gasteiger partial charge in [-0.1, -0.05) is 0 Å². The Morgan fingerprint density at radius 2 is 1.76 bits per heavy atom. The van der Waals surface area contributed by atoms with E-state index >= 15 is 0 Å². The molecule has 17 heavy (non-hydrogen) atoms. The van der Waals surface area contributed by atoms with Gasteiger partial charge in [0.05, 0.1) is 18.6 Å². The molecular formula is C11H20F3NO2. The highest BCUT2D eigenvalue weighted by molar-refractivity contribution is 4.78. The van der Waals surface area contributed by atoms with Crippen molar-refractivity contribution in [2.75, 3.05) is 19.7 Å². The third kappa shape index (κ3) is 5.23. The topological polar surface area (TPSA) is 52.5 Å². The van der Waals surface area contributed by atoms with E-state index in [0.717, 1.165) is 0 Å². The Labute approximate surface area is 99.0 Å². The predicted octanol–water partition coefficient (Wildman–Crippen LogP) is 1.30. The van der Waals surface area contributed by atoms with Crippen molar-refractivity contribution in [3.63, 3.8) is 0 Å². The molecule has 102 valence electrons. The zero-order valence-corrected chi connectivity index (χ0v) is 9.71. The quantitative estimate of drug-likeness (QED) is 0.694. The largest absolute Gasteiger partial charge is 0.394 e. The molecule has 0 spiro atoms. The van der Waals surface area contributed by atoms with Gasteiger partial charge in [0.2, 0.25) is 0 Å². The van der Waals surface area contributed by atoms with Gasteiger partial charge in [-0.05, 0) is 38.1 Å². The normalized spacial score (nSPS) is 28.1. The number of aliphatic hydroxyl groups is 2. The van der Waals surface area contributed by atoms with E-state index in [0.29, 0.717) is 19.4 Å². The Morgan fingerprint density at radius 1 is 1.18 bits per heavy atom. The van der Waals surface area contributed by atoms with Gasteiger partial charge in [-0.2, -0.15) is 13.2 Å². The molecule has 0 aromatic heterocycles. The Kier molecular flexibility index (Phi) is 5.69. The minimum absolute atomic E-state index is 0.207. The molecule has 1 aliphatic carbocycles. The summed E-state index contributed by atoms with van der Waals surface area (Å²) < 4.78 is 37.2. The fraction of sp³-hybridized carbons (Fsp3) is 1.00. The molecule has 1 aliphatic rings. The van der Waals surface area contributed by atoms with Crippen LogP contribution in [-0.2, 0) is 0 Å². The average Bonchev–Trinajstić information content (AvgIpc) is 2.28. The zero-order chi connectivity index (χ0) is 12.9. The van der Waals surface area contributed by atoms with E-state index in [4.69, 9.17) is 10.2 Å². The second-order valence-electron chi connectivity index (χ2n) is 4.75. The van der Waals surface area contributed by atoms with Crippen LogP contribution in [0.5, 0.6) is 0 Å². The number of hydrogen-bond donors (Lipinski definition) is 3. The molecule has 0 amide bonds. The van der Waals surface area contributed by atoms with Crippen LogP contribution in [0.2, 0.25) is 0 Å². The predicted molar refractivity (Wildman–Crippen MR) is 57.5 cm³/mol. The van der Waals surface area contributed by atoms with E-state index in [1.165, 1.54) is 0 Å². The van der Waals surface area contributed by atoms with Crippen molar-refractivity contribution >= 4 is 0 Å². The Morgan fingerprint density at radius 3 is 2.24 bits per heavy atom. The first-order valence-electron chi connectivity index (χ1n) is 5.99. The van der Waals surface area contributed by atoms with Gasteiger partial charge in [0.15, 0.2) is 0 Å². The number of halogens is 3. The molecule has 1 saturated carbocycles. The Bertz CT molecular complexity index is 215. The van der Waals surface area contributed by atoms with Gasteiger partial charge in [0.25, 0.3) is 0 Å². The highest BCUT2D eigenvalue weighted by atomic mass is 19.4. The van der Waals surface area contributed by atoms with Gasteiger partial charge in [0, 0.05) is 6.54 Å². The molecule has 0 aromatic rings. The van der Waals surface area contributed by atoms with Crippen LogP contribution in [0.15, 0.2) is 0 Å². The van der Waals surface area contributed by atoms with Crippen LogP contribution in [0.1, 0.15) is 25.7 Å².